The molecule has 0 spiro atoms. The Labute approximate surface area is 109 Å². The van der Waals surface area contributed by atoms with E-state index in [9.17, 15) is 4.79 Å². The summed E-state index contributed by atoms with van der Waals surface area (Å²) in [5.74, 6) is 0.654. The molecule has 0 atom stereocenters. The molecule has 2 aromatic rings. The van der Waals surface area contributed by atoms with Gasteiger partial charge < -0.3 is 9.72 Å². The van der Waals surface area contributed by atoms with Gasteiger partial charge >= 0.3 is 0 Å². The molecule has 1 heterocycles. The van der Waals surface area contributed by atoms with Crippen LogP contribution in [0.15, 0.2) is 16.9 Å². The first kappa shape index (κ1) is 11.5. The minimum Gasteiger partial charge on any atom is -0.495 e. The molecule has 1 saturated carbocycles. The Morgan fingerprint density at radius 1 is 1.44 bits per heavy atom. The number of ether oxygens (including phenoxy) is 1. The molecule has 1 aromatic heterocycles. The Morgan fingerprint density at radius 2 is 2.17 bits per heavy atom. The highest BCUT2D eigenvalue weighted by atomic mass is 32.1. The van der Waals surface area contributed by atoms with Gasteiger partial charge in [0, 0.05) is 6.04 Å². The Morgan fingerprint density at radius 3 is 2.78 bits per heavy atom. The highest BCUT2D eigenvalue weighted by Gasteiger charge is 2.27. The zero-order valence-corrected chi connectivity index (χ0v) is 11.1. The van der Waals surface area contributed by atoms with E-state index in [-0.39, 0.29) is 11.6 Å². The smallest absolute Gasteiger partial charge is 0.262 e. The van der Waals surface area contributed by atoms with Crippen LogP contribution in [-0.4, -0.2) is 16.7 Å². The third-order valence-corrected chi connectivity index (χ3v) is 3.69. The summed E-state index contributed by atoms with van der Waals surface area (Å²) in [7, 11) is 1.59. The molecule has 1 aliphatic rings. The predicted molar refractivity (Wildman–Crippen MR) is 73.0 cm³/mol. The Bertz CT molecular complexity index is 741. The first-order chi connectivity index (χ1) is 8.63. The molecule has 1 N–H and O–H groups in total. The fourth-order valence-electron chi connectivity index (χ4n) is 2.30. The average Bonchev–Trinajstić information content (AvgIpc) is 3.13. The lowest BCUT2D eigenvalue weighted by Gasteiger charge is -2.11. The van der Waals surface area contributed by atoms with Crippen molar-refractivity contribution in [2.45, 2.75) is 25.8 Å². The number of aromatic nitrogens is 2. The molecule has 5 heteroatoms. The molecule has 0 radical (unpaired) electrons. The van der Waals surface area contributed by atoms with Crippen molar-refractivity contribution in [1.29, 1.82) is 0 Å². The molecule has 0 unspecified atom stereocenters. The lowest BCUT2D eigenvalue weighted by molar-refractivity contribution is 0.418. The van der Waals surface area contributed by atoms with Crippen LogP contribution in [0.5, 0.6) is 5.75 Å². The van der Waals surface area contributed by atoms with Gasteiger partial charge in [-0.05, 0) is 43.6 Å². The van der Waals surface area contributed by atoms with E-state index >= 15 is 0 Å². The summed E-state index contributed by atoms with van der Waals surface area (Å²) in [4.78, 5) is 15.7. The number of benzene rings is 1. The lowest BCUT2D eigenvalue weighted by atomic mass is 10.1. The molecule has 0 saturated heterocycles. The first-order valence-corrected chi connectivity index (χ1v) is 6.36. The van der Waals surface area contributed by atoms with Crippen molar-refractivity contribution in [3.8, 4) is 5.75 Å². The normalized spacial score (nSPS) is 15.0. The Hall–Kier alpha value is -1.62. The fourth-order valence-corrected chi connectivity index (χ4v) is 2.64. The topological polar surface area (TPSA) is 47.0 Å². The standard InChI is InChI=1S/C13H14N2O2S/c1-7-3-6-9(17-2)11-10(7)12(16)15(8-4-5-8)13(18)14-11/h3,6,8H,4-5H2,1-2H3,(H,14,18). The van der Waals surface area contributed by atoms with E-state index in [1.165, 1.54) is 0 Å². The minimum atomic E-state index is -0.00681. The molecule has 3 rings (SSSR count). The third kappa shape index (κ3) is 1.58. The van der Waals surface area contributed by atoms with Crippen LogP contribution < -0.4 is 10.3 Å². The molecule has 4 nitrogen and oxygen atoms in total. The van der Waals surface area contributed by atoms with E-state index in [1.54, 1.807) is 11.7 Å². The van der Waals surface area contributed by atoms with Gasteiger partial charge in [0.2, 0.25) is 0 Å². The monoisotopic (exact) mass is 262 g/mol. The van der Waals surface area contributed by atoms with Crippen molar-refractivity contribution in [3.05, 3.63) is 32.8 Å². The number of nitrogens with one attached hydrogen (secondary N) is 1. The van der Waals surface area contributed by atoms with Gasteiger partial charge in [-0.3, -0.25) is 9.36 Å². The summed E-state index contributed by atoms with van der Waals surface area (Å²) in [6.45, 7) is 1.93. The number of methoxy groups -OCH3 is 1. The molecule has 1 aromatic carbocycles. The van der Waals surface area contributed by atoms with Crippen LogP contribution in [0.1, 0.15) is 24.4 Å². The number of nitrogens with zero attached hydrogens (tertiary/aromatic N) is 1. The van der Waals surface area contributed by atoms with Crippen molar-refractivity contribution in [1.82, 2.24) is 9.55 Å². The van der Waals surface area contributed by atoms with E-state index < -0.39 is 0 Å². The largest absolute Gasteiger partial charge is 0.495 e. The zero-order chi connectivity index (χ0) is 12.9. The molecule has 0 bridgehead atoms. The number of aryl methyl sites for hydroxylation is 1. The van der Waals surface area contributed by atoms with E-state index in [0.717, 1.165) is 18.4 Å². The molecule has 94 valence electrons. The average molecular weight is 262 g/mol. The van der Waals surface area contributed by atoms with E-state index in [2.05, 4.69) is 4.98 Å². The van der Waals surface area contributed by atoms with Gasteiger partial charge in [0.25, 0.3) is 5.56 Å². The summed E-state index contributed by atoms with van der Waals surface area (Å²) >= 11 is 5.29. The van der Waals surface area contributed by atoms with E-state index in [0.29, 0.717) is 21.4 Å². The minimum absolute atomic E-state index is 0.00681. The molecule has 18 heavy (non-hydrogen) atoms. The number of H-pyrrole nitrogens is 1. The highest BCUT2D eigenvalue weighted by Crippen LogP contribution is 2.34. The second-order valence-electron chi connectivity index (χ2n) is 4.67. The molecule has 1 fully saturated rings. The maximum atomic E-state index is 12.5. The van der Waals surface area contributed by atoms with Crippen molar-refractivity contribution in [2.75, 3.05) is 7.11 Å². The lowest BCUT2D eigenvalue weighted by Crippen LogP contribution is -2.22. The third-order valence-electron chi connectivity index (χ3n) is 3.39. The van der Waals surface area contributed by atoms with Crippen molar-refractivity contribution >= 4 is 23.1 Å². The predicted octanol–water partition coefficient (Wildman–Crippen LogP) is 2.71. The number of hydrogen-bond acceptors (Lipinski definition) is 3. The SMILES string of the molecule is COc1ccc(C)c2c(=O)n(C3CC3)c(=S)[nH]c12. The van der Waals surface area contributed by atoms with Gasteiger partial charge in [-0.2, -0.15) is 0 Å². The van der Waals surface area contributed by atoms with Crippen molar-refractivity contribution < 1.29 is 4.74 Å². The van der Waals surface area contributed by atoms with Crippen LogP contribution in [-0.2, 0) is 0 Å². The van der Waals surface area contributed by atoms with Gasteiger partial charge in [-0.1, -0.05) is 6.07 Å². The van der Waals surface area contributed by atoms with Gasteiger partial charge in [0.1, 0.15) is 5.75 Å². The zero-order valence-electron chi connectivity index (χ0n) is 10.3. The second-order valence-corrected chi connectivity index (χ2v) is 5.06. The van der Waals surface area contributed by atoms with Crippen LogP contribution in [0.4, 0.5) is 0 Å². The van der Waals surface area contributed by atoms with Gasteiger partial charge in [0.05, 0.1) is 18.0 Å². The molecule has 0 aliphatic heterocycles. The van der Waals surface area contributed by atoms with Crippen LogP contribution in [0.3, 0.4) is 0 Å². The Balaban J connectivity index is 2.48. The molecular weight excluding hydrogens is 248 g/mol. The Kier molecular flexibility index (Phi) is 2.52. The molecule has 1 aliphatic carbocycles. The van der Waals surface area contributed by atoms with Crippen LogP contribution >= 0.6 is 12.2 Å². The number of fused-ring (bicyclic) bond motifs is 1. The second kappa shape index (κ2) is 3.95. The summed E-state index contributed by atoms with van der Waals surface area (Å²) in [5.41, 5.74) is 1.63. The molecule has 0 amide bonds. The van der Waals surface area contributed by atoms with Crippen molar-refractivity contribution in [3.63, 3.8) is 0 Å². The summed E-state index contributed by atoms with van der Waals surface area (Å²) in [5, 5.41) is 0.676. The quantitative estimate of drug-likeness (QED) is 0.846. The maximum absolute atomic E-state index is 12.5. The summed E-state index contributed by atoms with van der Waals surface area (Å²) in [6, 6.07) is 4.02. The van der Waals surface area contributed by atoms with Crippen LogP contribution in [0.25, 0.3) is 10.9 Å². The van der Waals surface area contributed by atoms with Gasteiger partial charge in [-0.15, -0.1) is 0 Å². The van der Waals surface area contributed by atoms with Crippen LogP contribution in [0, 0.1) is 11.7 Å². The number of aromatic amines is 1. The maximum Gasteiger partial charge on any atom is 0.262 e. The number of hydrogen-bond donors (Lipinski definition) is 1. The number of rotatable bonds is 2. The molecular formula is C13H14N2O2S. The van der Waals surface area contributed by atoms with Crippen molar-refractivity contribution in [2.24, 2.45) is 0 Å². The summed E-state index contributed by atoms with van der Waals surface area (Å²) < 4.78 is 7.47. The van der Waals surface area contributed by atoms with E-state index in [1.807, 2.05) is 19.1 Å². The first-order valence-electron chi connectivity index (χ1n) is 5.95. The van der Waals surface area contributed by atoms with Gasteiger partial charge in [-0.25, -0.2) is 0 Å². The fraction of sp³-hybridized carbons (Fsp3) is 0.385. The highest BCUT2D eigenvalue weighted by molar-refractivity contribution is 7.71. The van der Waals surface area contributed by atoms with Gasteiger partial charge in [0.15, 0.2) is 4.77 Å². The van der Waals surface area contributed by atoms with Crippen LogP contribution in [0.2, 0.25) is 0 Å². The summed E-state index contributed by atoms with van der Waals surface area (Å²) in [6.07, 6.45) is 2.07. The van der Waals surface area contributed by atoms with E-state index in [4.69, 9.17) is 17.0 Å².